The number of carbonyl (C=O) groups excluding carboxylic acids is 2. The van der Waals surface area contributed by atoms with Crippen LogP contribution in [0, 0.1) is 11.8 Å². The summed E-state index contributed by atoms with van der Waals surface area (Å²) >= 11 is 0. The molecule has 35 heavy (non-hydrogen) atoms. The van der Waals surface area contributed by atoms with Crippen molar-refractivity contribution in [3.05, 3.63) is 60.2 Å². The highest BCUT2D eigenvalue weighted by Gasteiger charge is 2.57. The van der Waals surface area contributed by atoms with Crippen LogP contribution in [0.5, 0.6) is 0 Å². The first kappa shape index (κ1) is 22.1. The quantitative estimate of drug-likeness (QED) is 0.564. The third-order valence-corrected chi connectivity index (χ3v) is 7.77. The number of para-hydroxylation sites is 1. The van der Waals surface area contributed by atoms with Crippen molar-refractivity contribution in [2.75, 3.05) is 13.1 Å². The summed E-state index contributed by atoms with van der Waals surface area (Å²) in [6.45, 7) is -0.332. The molecule has 1 aromatic heterocycles. The van der Waals surface area contributed by atoms with Crippen LogP contribution in [0.3, 0.4) is 0 Å². The van der Waals surface area contributed by atoms with E-state index in [1.165, 1.54) is 9.58 Å². The lowest BCUT2D eigenvalue weighted by atomic mass is 9.86. The van der Waals surface area contributed by atoms with E-state index in [9.17, 15) is 9.59 Å². The zero-order chi connectivity index (χ0) is 24.2. The van der Waals surface area contributed by atoms with Crippen molar-refractivity contribution in [2.45, 2.75) is 50.2 Å². The van der Waals surface area contributed by atoms with E-state index in [1.807, 2.05) is 54.6 Å². The van der Waals surface area contributed by atoms with Crippen molar-refractivity contribution in [1.82, 2.24) is 24.8 Å². The first-order valence-electron chi connectivity index (χ1n) is 12.2. The van der Waals surface area contributed by atoms with Crippen LogP contribution >= 0.6 is 0 Å². The summed E-state index contributed by atoms with van der Waals surface area (Å²) in [6, 6.07) is 16.0. The maximum Gasteiger partial charge on any atom is 0.268 e. The summed E-state index contributed by atoms with van der Waals surface area (Å²) in [7, 11) is 0. The normalized spacial score (nSPS) is 27.1. The Balaban J connectivity index is 1.15. The van der Waals surface area contributed by atoms with Gasteiger partial charge in [0.1, 0.15) is 18.1 Å². The van der Waals surface area contributed by atoms with Crippen molar-refractivity contribution >= 4 is 22.8 Å². The molecule has 3 aliphatic rings. The lowest BCUT2D eigenvalue weighted by Crippen LogP contribution is -2.56. The zero-order valence-corrected chi connectivity index (χ0v) is 19.3. The van der Waals surface area contributed by atoms with E-state index in [1.54, 1.807) is 4.90 Å². The molecule has 2 amide bonds. The van der Waals surface area contributed by atoms with Crippen LogP contribution in [-0.2, 0) is 22.6 Å². The van der Waals surface area contributed by atoms with Gasteiger partial charge in [0.25, 0.3) is 5.92 Å². The maximum atomic E-state index is 15.1. The Bertz CT molecular complexity index is 1260. The number of nitrogens with zero attached hydrogens (tertiary/aromatic N) is 5. The van der Waals surface area contributed by atoms with Gasteiger partial charge < -0.3 is 9.80 Å². The topological polar surface area (TPSA) is 71.3 Å². The number of carbonyl (C=O) groups is 2. The molecule has 0 bridgehead atoms. The minimum Gasteiger partial charge on any atom is -0.335 e. The molecule has 4 atom stereocenters. The van der Waals surface area contributed by atoms with Crippen molar-refractivity contribution in [3.63, 3.8) is 0 Å². The van der Waals surface area contributed by atoms with Gasteiger partial charge in [0, 0.05) is 18.5 Å². The molecule has 2 aromatic carbocycles. The fraction of sp³-hybridized carbons (Fsp3) is 0.462. The predicted octanol–water partition coefficient (Wildman–Crippen LogP) is 3.15. The summed E-state index contributed by atoms with van der Waals surface area (Å²) in [5.74, 6) is -4.07. The lowest BCUT2D eigenvalue weighted by molar-refractivity contribution is -0.158. The van der Waals surface area contributed by atoms with E-state index < -0.39 is 24.4 Å². The zero-order valence-electron chi connectivity index (χ0n) is 19.3. The van der Waals surface area contributed by atoms with Gasteiger partial charge in [0.05, 0.1) is 12.1 Å². The number of hydrogen-bond donors (Lipinski definition) is 0. The highest BCUT2D eigenvalue weighted by atomic mass is 19.3. The smallest absolute Gasteiger partial charge is 0.268 e. The monoisotopic (exact) mass is 479 g/mol. The Labute approximate surface area is 201 Å². The third kappa shape index (κ3) is 4.06. The van der Waals surface area contributed by atoms with Gasteiger partial charge in [0.15, 0.2) is 0 Å². The summed E-state index contributed by atoms with van der Waals surface area (Å²) in [4.78, 5) is 29.6. The van der Waals surface area contributed by atoms with Crippen LogP contribution in [0.1, 0.15) is 24.8 Å². The largest absolute Gasteiger partial charge is 0.335 e. The molecule has 3 aromatic rings. The van der Waals surface area contributed by atoms with Crippen LogP contribution < -0.4 is 0 Å². The number of alkyl halides is 2. The van der Waals surface area contributed by atoms with Crippen LogP contribution in [0.15, 0.2) is 54.6 Å². The van der Waals surface area contributed by atoms with Gasteiger partial charge in [0.2, 0.25) is 11.8 Å². The number of amides is 2. The number of likely N-dealkylation sites (tertiary alicyclic amines) is 2. The lowest BCUT2D eigenvalue weighted by Gasteiger charge is -2.40. The van der Waals surface area contributed by atoms with Gasteiger partial charge in [-0.15, -0.1) is 5.10 Å². The minimum absolute atomic E-state index is 0.0161. The molecule has 0 radical (unpaired) electrons. The molecular weight excluding hydrogens is 452 g/mol. The first-order chi connectivity index (χ1) is 16.9. The summed E-state index contributed by atoms with van der Waals surface area (Å²) in [5, 5.41) is 8.18. The van der Waals surface area contributed by atoms with Crippen molar-refractivity contribution in [3.8, 4) is 0 Å². The molecule has 1 unspecified atom stereocenters. The second kappa shape index (κ2) is 8.39. The minimum atomic E-state index is -2.97. The average Bonchev–Trinajstić information content (AvgIpc) is 3.33. The fourth-order valence-electron chi connectivity index (χ4n) is 5.81. The number of rotatable bonds is 5. The number of halogens is 2. The SMILES string of the molecule is O=C([C@H]1C[C@H]2C[C@H]2N1C(=O)Cn1nnc2ccccc21)N1CCC(Cc2ccccc2)C(F)(F)C1. The van der Waals surface area contributed by atoms with Gasteiger partial charge in [-0.3, -0.25) is 9.59 Å². The molecule has 3 heterocycles. The molecule has 2 aliphatic heterocycles. The van der Waals surface area contributed by atoms with Gasteiger partial charge >= 0.3 is 0 Å². The number of aromatic nitrogens is 3. The van der Waals surface area contributed by atoms with Crippen LogP contribution in [0.2, 0.25) is 0 Å². The Morgan fingerprint density at radius 2 is 1.80 bits per heavy atom. The molecule has 182 valence electrons. The van der Waals surface area contributed by atoms with Crippen LogP contribution in [0.25, 0.3) is 11.0 Å². The third-order valence-electron chi connectivity index (χ3n) is 7.77. The Kier molecular flexibility index (Phi) is 5.30. The predicted molar refractivity (Wildman–Crippen MR) is 124 cm³/mol. The second-order valence-corrected chi connectivity index (χ2v) is 10.0. The van der Waals surface area contributed by atoms with Gasteiger partial charge in [-0.05, 0) is 49.3 Å². The Morgan fingerprint density at radius 1 is 1.03 bits per heavy atom. The summed E-state index contributed by atoms with van der Waals surface area (Å²) in [6.07, 6.45) is 1.94. The molecule has 1 saturated carbocycles. The molecule has 0 N–H and O–H groups in total. The van der Waals surface area contributed by atoms with Crippen molar-refractivity contribution in [1.29, 1.82) is 0 Å². The number of piperidine rings is 2. The van der Waals surface area contributed by atoms with Gasteiger partial charge in [-0.2, -0.15) is 0 Å². The average molecular weight is 480 g/mol. The molecular formula is C26H27F2N5O2. The van der Waals surface area contributed by atoms with E-state index in [4.69, 9.17) is 0 Å². The summed E-state index contributed by atoms with van der Waals surface area (Å²) in [5.41, 5.74) is 2.32. The molecule has 2 saturated heterocycles. The van der Waals surface area contributed by atoms with Crippen molar-refractivity contribution < 1.29 is 18.4 Å². The van der Waals surface area contributed by atoms with Gasteiger partial charge in [-0.1, -0.05) is 47.7 Å². The fourth-order valence-corrected chi connectivity index (χ4v) is 5.81. The number of hydrogen-bond acceptors (Lipinski definition) is 4. The van der Waals surface area contributed by atoms with Crippen LogP contribution in [0.4, 0.5) is 8.78 Å². The van der Waals surface area contributed by atoms with Crippen molar-refractivity contribution in [2.24, 2.45) is 11.8 Å². The number of benzene rings is 2. The maximum absolute atomic E-state index is 15.1. The summed E-state index contributed by atoms with van der Waals surface area (Å²) < 4.78 is 31.7. The highest BCUT2D eigenvalue weighted by Crippen LogP contribution is 2.49. The second-order valence-electron chi connectivity index (χ2n) is 10.0. The molecule has 9 heteroatoms. The van der Waals surface area contributed by atoms with E-state index >= 15 is 8.78 Å². The first-order valence-corrected chi connectivity index (χ1v) is 12.2. The molecule has 0 spiro atoms. The Morgan fingerprint density at radius 3 is 2.60 bits per heavy atom. The Hall–Kier alpha value is -3.36. The number of fused-ring (bicyclic) bond motifs is 2. The van der Waals surface area contributed by atoms with Crippen LogP contribution in [-0.4, -0.2) is 67.7 Å². The van der Waals surface area contributed by atoms with E-state index in [0.717, 1.165) is 17.5 Å². The van der Waals surface area contributed by atoms with E-state index in [0.29, 0.717) is 18.4 Å². The highest BCUT2D eigenvalue weighted by molar-refractivity contribution is 5.90. The molecule has 7 nitrogen and oxygen atoms in total. The van der Waals surface area contributed by atoms with E-state index in [2.05, 4.69) is 10.3 Å². The molecule has 1 aliphatic carbocycles. The standard InChI is InChI=1S/C26H27F2N5O2/c27-26(28)16-31(11-10-19(26)12-17-6-2-1-3-7-17)25(35)23-14-18-13-22(18)33(23)24(34)15-32-21-9-5-4-8-20(21)29-30-32/h1-9,18-19,22-23H,10-16H2/t18-,19?,22-,23-/m1/s1. The van der Waals surface area contributed by atoms with E-state index in [-0.39, 0.29) is 43.3 Å². The molecule has 6 rings (SSSR count). The molecule has 3 fully saturated rings. The van der Waals surface area contributed by atoms with Gasteiger partial charge in [-0.25, -0.2) is 13.5 Å².